The molecular formula is C14H10BO2. The maximum absolute atomic E-state index is 9.26. The lowest BCUT2D eigenvalue weighted by Gasteiger charge is -2.00. The van der Waals surface area contributed by atoms with Crippen LogP contribution in [0.15, 0.2) is 59.0 Å². The SMILES string of the molecule is O[B]c1oc2ccccc2c1-c1ccccc1. The van der Waals surface area contributed by atoms with Crippen LogP contribution in [0.5, 0.6) is 0 Å². The van der Waals surface area contributed by atoms with Gasteiger partial charge in [-0.3, -0.25) is 0 Å². The molecule has 1 heterocycles. The molecule has 0 fully saturated rings. The quantitative estimate of drug-likeness (QED) is 0.673. The monoisotopic (exact) mass is 221 g/mol. The van der Waals surface area contributed by atoms with Gasteiger partial charge in [0.1, 0.15) is 11.2 Å². The van der Waals surface area contributed by atoms with Crippen molar-refractivity contribution in [1.29, 1.82) is 0 Å². The third-order valence-corrected chi connectivity index (χ3v) is 2.80. The van der Waals surface area contributed by atoms with Gasteiger partial charge in [0.25, 0.3) is 0 Å². The molecule has 1 aromatic heterocycles. The number of furan rings is 1. The van der Waals surface area contributed by atoms with Gasteiger partial charge in [-0.05, 0) is 11.6 Å². The molecule has 0 atom stereocenters. The van der Waals surface area contributed by atoms with Crippen molar-refractivity contribution in [2.75, 3.05) is 0 Å². The first-order chi connectivity index (χ1) is 8.40. The van der Waals surface area contributed by atoms with E-state index in [2.05, 4.69) is 0 Å². The molecule has 0 bridgehead atoms. The Morgan fingerprint density at radius 1 is 0.882 bits per heavy atom. The summed E-state index contributed by atoms with van der Waals surface area (Å²) in [5, 5.41) is 10.3. The fourth-order valence-corrected chi connectivity index (χ4v) is 2.06. The zero-order chi connectivity index (χ0) is 11.7. The smallest absolute Gasteiger partial charge is 0.373 e. The van der Waals surface area contributed by atoms with Crippen LogP contribution in [0.3, 0.4) is 0 Å². The van der Waals surface area contributed by atoms with E-state index in [-0.39, 0.29) is 0 Å². The van der Waals surface area contributed by atoms with Gasteiger partial charge in [-0.1, -0.05) is 48.5 Å². The fourth-order valence-electron chi connectivity index (χ4n) is 2.06. The number of hydrogen-bond acceptors (Lipinski definition) is 2. The highest BCUT2D eigenvalue weighted by Gasteiger charge is 2.15. The summed E-state index contributed by atoms with van der Waals surface area (Å²) in [6.45, 7) is 0. The van der Waals surface area contributed by atoms with Crippen molar-refractivity contribution >= 4 is 24.1 Å². The van der Waals surface area contributed by atoms with Crippen molar-refractivity contribution < 1.29 is 9.44 Å². The highest BCUT2D eigenvalue weighted by molar-refractivity contribution is 6.47. The molecule has 3 aromatic rings. The van der Waals surface area contributed by atoms with Crippen molar-refractivity contribution in [1.82, 2.24) is 0 Å². The van der Waals surface area contributed by atoms with Gasteiger partial charge in [-0.15, -0.1) is 0 Å². The minimum Gasteiger partial charge on any atom is -0.468 e. The predicted molar refractivity (Wildman–Crippen MR) is 69.3 cm³/mol. The molecule has 0 aliphatic carbocycles. The molecule has 3 rings (SSSR count). The minimum atomic E-state index is 0.498. The second-order valence-electron chi connectivity index (χ2n) is 3.83. The van der Waals surface area contributed by atoms with Crippen LogP contribution in [0.2, 0.25) is 0 Å². The van der Waals surface area contributed by atoms with Crippen molar-refractivity contribution in [2.45, 2.75) is 0 Å². The Morgan fingerprint density at radius 3 is 2.35 bits per heavy atom. The van der Waals surface area contributed by atoms with Crippen molar-refractivity contribution in [3.63, 3.8) is 0 Å². The van der Waals surface area contributed by atoms with E-state index in [9.17, 15) is 5.02 Å². The Balaban J connectivity index is 2.34. The Hall–Kier alpha value is -2.00. The largest absolute Gasteiger partial charge is 0.468 e. The first-order valence-electron chi connectivity index (χ1n) is 5.44. The maximum Gasteiger partial charge on any atom is 0.373 e. The zero-order valence-electron chi connectivity index (χ0n) is 9.13. The molecule has 3 heteroatoms. The predicted octanol–water partition coefficient (Wildman–Crippen LogP) is 2.34. The van der Waals surface area contributed by atoms with Gasteiger partial charge in [-0.2, -0.15) is 0 Å². The zero-order valence-corrected chi connectivity index (χ0v) is 9.13. The lowest BCUT2D eigenvalue weighted by molar-refractivity contribution is 0.585. The van der Waals surface area contributed by atoms with E-state index in [1.54, 1.807) is 0 Å². The molecule has 0 saturated carbocycles. The summed E-state index contributed by atoms with van der Waals surface area (Å²) in [6, 6.07) is 17.7. The first-order valence-corrected chi connectivity index (χ1v) is 5.44. The highest BCUT2D eigenvalue weighted by atomic mass is 16.3. The van der Waals surface area contributed by atoms with Gasteiger partial charge in [0.2, 0.25) is 0 Å². The minimum absolute atomic E-state index is 0.498. The molecule has 1 radical (unpaired) electrons. The summed E-state index contributed by atoms with van der Waals surface area (Å²) in [4.78, 5) is 0. The average molecular weight is 221 g/mol. The average Bonchev–Trinajstić information content (AvgIpc) is 2.78. The van der Waals surface area contributed by atoms with Crippen LogP contribution in [0.4, 0.5) is 0 Å². The maximum atomic E-state index is 9.26. The fraction of sp³-hybridized carbons (Fsp3) is 0. The topological polar surface area (TPSA) is 33.4 Å². The summed E-state index contributed by atoms with van der Waals surface area (Å²) in [5.74, 6) is 0. The summed E-state index contributed by atoms with van der Waals surface area (Å²) in [5.41, 5.74) is 3.26. The van der Waals surface area contributed by atoms with E-state index in [1.807, 2.05) is 54.6 Å². The van der Waals surface area contributed by atoms with Gasteiger partial charge in [0.15, 0.2) is 0 Å². The van der Waals surface area contributed by atoms with E-state index in [0.29, 0.717) is 5.66 Å². The third kappa shape index (κ3) is 1.65. The van der Waals surface area contributed by atoms with E-state index in [1.165, 1.54) is 0 Å². The lowest BCUT2D eigenvalue weighted by atomic mass is 9.88. The van der Waals surface area contributed by atoms with Gasteiger partial charge < -0.3 is 9.44 Å². The van der Waals surface area contributed by atoms with E-state index in [4.69, 9.17) is 4.42 Å². The van der Waals surface area contributed by atoms with Gasteiger partial charge in [-0.25, -0.2) is 0 Å². The Bertz CT molecular complexity index is 644. The first kappa shape index (κ1) is 10.2. The summed E-state index contributed by atoms with van der Waals surface area (Å²) >= 11 is 0. The standard InChI is InChI=1S/C14H10BO2/c16-15-14-13(10-6-2-1-3-7-10)11-8-4-5-9-12(11)17-14/h1-9,16H. The second-order valence-corrected chi connectivity index (χ2v) is 3.83. The molecule has 17 heavy (non-hydrogen) atoms. The van der Waals surface area contributed by atoms with E-state index >= 15 is 0 Å². The molecule has 0 unspecified atom stereocenters. The van der Waals surface area contributed by atoms with Crippen LogP contribution in [0.25, 0.3) is 22.1 Å². The Kier molecular flexibility index (Phi) is 2.46. The van der Waals surface area contributed by atoms with Crippen LogP contribution in [-0.4, -0.2) is 12.5 Å². The normalized spacial score (nSPS) is 10.6. The molecule has 0 aliphatic heterocycles. The Labute approximate surface area is 99.8 Å². The van der Waals surface area contributed by atoms with Crippen molar-refractivity contribution in [3.8, 4) is 11.1 Å². The molecular weight excluding hydrogens is 211 g/mol. The molecule has 0 amide bonds. The molecule has 2 nitrogen and oxygen atoms in total. The van der Waals surface area contributed by atoms with Crippen LogP contribution < -0.4 is 5.66 Å². The van der Waals surface area contributed by atoms with Crippen molar-refractivity contribution in [3.05, 3.63) is 54.6 Å². The summed E-state index contributed by atoms with van der Waals surface area (Å²) in [6.07, 6.45) is 0. The van der Waals surface area contributed by atoms with Gasteiger partial charge in [0, 0.05) is 10.9 Å². The molecule has 0 aliphatic rings. The van der Waals surface area contributed by atoms with E-state index < -0.39 is 0 Å². The Morgan fingerprint density at radius 2 is 1.59 bits per heavy atom. The molecule has 81 valence electrons. The number of fused-ring (bicyclic) bond motifs is 1. The summed E-state index contributed by atoms with van der Waals surface area (Å²) in [7, 11) is 1.02. The van der Waals surface area contributed by atoms with Crippen LogP contribution >= 0.6 is 0 Å². The van der Waals surface area contributed by atoms with E-state index in [0.717, 1.165) is 29.6 Å². The summed E-state index contributed by atoms with van der Waals surface area (Å²) < 4.78 is 5.60. The molecule has 1 N–H and O–H groups in total. The van der Waals surface area contributed by atoms with Crippen LogP contribution in [-0.2, 0) is 0 Å². The van der Waals surface area contributed by atoms with Crippen LogP contribution in [0.1, 0.15) is 0 Å². The number of hydrogen-bond donors (Lipinski definition) is 1. The van der Waals surface area contributed by atoms with Gasteiger partial charge in [0.05, 0.1) is 0 Å². The molecule has 0 spiro atoms. The molecule has 2 aromatic carbocycles. The number of para-hydroxylation sites is 1. The number of benzene rings is 2. The second kappa shape index (κ2) is 4.11. The van der Waals surface area contributed by atoms with Crippen LogP contribution in [0, 0.1) is 0 Å². The third-order valence-electron chi connectivity index (χ3n) is 2.80. The molecule has 0 saturated heterocycles. The number of rotatable bonds is 2. The van der Waals surface area contributed by atoms with Gasteiger partial charge >= 0.3 is 7.48 Å². The van der Waals surface area contributed by atoms with Crippen molar-refractivity contribution in [2.24, 2.45) is 0 Å². The highest BCUT2D eigenvalue weighted by Crippen LogP contribution is 2.28. The lowest BCUT2D eigenvalue weighted by Crippen LogP contribution is -2.13.